The van der Waals surface area contributed by atoms with Gasteiger partial charge in [0.2, 0.25) is 0 Å². The van der Waals surface area contributed by atoms with Crippen LogP contribution < -0.4 is 0 Å². The molecule has 0 spiro atoms. The summed E-state index contributed by atoms with van der Waals surface area (Å²) in [7, 11) is 0. The molecule has 0 N–H and O–H groups in total. The minimum Gasteiger partial charge on any atom is -0.381 e. The lowest BCUT2D eigenvalue weighted by atomic mass is 9.96. The van der Waals surface area contributed by atoms with Gasteiger partial charge in [-0.3, -0.25) is 0 Å². The van der Waals surface area contributed by atoms with Crippen molar-refractivity contribution >= 4 is 0 Å². The topological polar surface area (TPSA) is 9.23 Å². The predicted octanol–water partition coefficient (Wildman–Crippen LogP) is 4.02. The van der Waals surface area contributed by atoms with Crippen LogP contribution in [-0.2, 0) is 4.74 Å². The maximum absolute atomic E-state index is 5.50. The summed E-state index contributed by atoms with van der Waals surface area (Å²) in [5.41, 5.74) is 0. The molecule has 1 nitrogen and oxygen atoms in total. The molecular formula is C12H26O. The first-order valence-electron chi connectivity index (χ1n) is 5.92. The van der Waals surface area contributed by atoms with Crippen molar-refractivity contribution in [3.05, 3.63) is 0 Å². The molecule has 0 heterocycles. The second kappa shape index (κ2) is 10.0. The van der Waals surface area contributed by atoms with Crippen molar-refractivity contribution in [1.29, 1.82) is 0 Å². The lowest BCUT2D eigenvalue weighted by molar-refractivity contribution is 0.118. The molecule has 0 aliphatic rings. The quantitative estimate of drug-likeness (QED) is 0.494. The molecule has 0 amide bonds. The average molecular weight is 186 g/mol. The first kappa shape index (κ1) is 13.0. The van der Waals surface area contributed by atoms with Crippen LogP contribution >= 0.6 is 0 Å². The van der Waals surface area contributed by atoms with Gasteiger partial charge in [-0.15, -0.1) is 0 Å². The molecule has 0 bridgehead atoms. The fourth-order valence-electron chi connectivity index (χ4n) is 1.54. The molecule has 0 saturated carbocycles. The molecule has 0 radical (unpaired) electrons. The Kier molecular flexibility index (Phi) is 10.0. The van der Waals surface area contributed by atoms with Crippen molar-refractivity contribution in [3.63, 3.8) is 0 Å². The van der Waals surface area contributed by atoms with Crippen LogP contribution in [0.15, 0.2) is 0 Å². The van der Waals surface area contributed by atoms with Gasteiger partial charge in [-0.2, -0.15) is 0 Å². The summed E-state index contributed by atoms with van der Waals surface area (Å²) < 4.78 is 5.50. The Morgan fingerprint density at radius 3 is 2.23 bits per heavy atom. The third kappa shape index (κ3) is 8.29. The van der Waals surface area contributed by atoms with E-state index in [4.69, 9.17) is 4.74 Å². The molecule has 0 rings (SSSR count). The Labute approximate surface area is 83.9 Å². The Morgan fingerprint density at radius 1 is 0.923 bits per heavy atom. The summed E-state index contributed by atoms with van der Waals surface area (Å²) in [4.78, 5) is 0. The van der Waals surface area contributed by atoms with Crippen molar-refractivity contribution in [1.82, 2.24) is 0 Å². The summed E-state index contributed by atoms with van der Waals surface area (Å²) in [6.07, 6.45) is 7.82. The molecule has 13 heavy (non-hydrogen) atoms. The maximum Gasteiger partial charge on any atom is 0.0468 e. The van der Waals surface area contributed by atoms with Crippen molar-refractivity contribution < 1.29 is 4.74 Å². The average Bonchev–Trinajstić information content (AvgIpc) is 2.17. The van der Waals surface area contributed by atoms with E-state index in [1.165, 1.54) is 32.1 Å². The standard InChI is InChI=1S/C12H26O/c1-4-7-8-12(6-3)9-11-13-10-5-2/h12H,4-11H2,1-3H3. The van der Waals surface area contributed by atoms with Crippen LogP contribution in [-0.4, -0.2) is 13.2 Å². The molecular weight excluding hydrogens is 160 g/mol. The van der Waals surface area contributed by atoms with Crippen molar-refractivity contribution in [2.45, 2.75) is 59.3 Å². The summed E-state index contributed by atoms with van der Waals surface area (Å²) in [5.74, 6) is 0.900. The van der Waals surface area contributed by atoms with Crippen LogP contribution in [0, 0.1) is 5.92 Å². The number of unbranched alkanes of at least 4 members (excludes halogenated alkanes) is 1. The van der Waals surface area contributed by atoms with E-state index in [0.717, 1.165) is 25.6 Å². The smallest absolute Gasteiger partial charge is 0.0468 e. The Morgan fingerprint density at radius 2 is 1.69 bits per heavy atom. The summed E-state index contributed by atoms with van der Waals surface area (Å²) in [6, 6.07) is 0. The first-order chi connectivity index (χ1) is 6.35. The Hall–Kier alpha value is -0.0400. The summed E-state index contributed by atoms with van der Waals surface area (Å²) in [6.45, 7) is 8.62. The number of hydrogen-bond donors (Lipinski definition) is 0. The highest BCUT2D eigenvalue weighted by Gasteiger charge is 2.04. The zero-order valence-corrected chi connectivity index (χ0v) is 9.64. The number of ether oxygens (including phenoxy) is 1. The minimum absolute atomic E-state index is 0.900. The highest BCUT2D eigenvalue weighted by atomic mass is 16.5. The molecule has 0 aliphatic carbocycles. The molecule has 1 heteroatoms. The van der Waals surface area contributed by atoms with Crippen LogP contribution in [0.4, 0.5) is 0 Å². The molecule has 0 aliphatic heterocycles. The lowest BCUT2D eigenvalue weighted by Crippen LogP contribution is -2.05. The van der Waals surface area contributed by atoms with Gasteiger partial charge in [0.15, 0.2) is 0 Å². The van der Waals surface area contributed by atoms with E-state index >= 15 is 0 Å². The van der Waals surface area contributed by atoms with Crippen molar-refractivity contribution in [2.75, 3.05) is 13.2 Å². The number of rotatable bonds is 9. The summed E-state index contributed by atoms with van der Waals surface area (Å²) >= 11 is 0. The zero-order chi connectivity index (χ0) is 9.94. The van der Waals surface area contributed by atoms with Crippen molar-refractivity contribution in [3.8, 4) is 0 Å². The Bertz CT molecular complexity index is 91.1. The molecule has 0 aromatic rings. The SMILES string of the molecule is CCCCC(CC)CCOCCC. The molecule has 80 valence electrons. The van der Waals surface area contributed by atoms with Gasteiger partial charge in [-0.25, -0.2) is 0 Å². The molecule has 0 aromatic heterocycles. The zero-order valence-electron chi connectivity index (χ0n) is 9.64. The summed E-state index contributed by atoms with van der Waals surface area (Å²) in [5, 5.41) is 0. The van der Waals surface area contributed by atoms with E-state index in [0.29, 0.717) is 0 Å². The van der Waals surface area contributed by atoms with Crippen LogP contribution in [0.25, 0.3) is 0 Å². The monoisotopic (exact) mass is 186 g/mol. The first-order valence-corrected chi connectivity index (χ1v) is 5.92. The normalized spacial score (nSPS) is 13.2. The van der Waals surface area contributed by atoms with E-state index < -0.39 is 0 Å². The molecule has 0 fully saturated rings. The van der Waals surface area contributed by atoms with Gasteiger partial charge in [-0.1, -0.05) is 46.5 Å². The van der Waals surface area contributed by atoms with E-state index in [-0.39, 0.29) is 0 Å². The van der Waals surface area contributed by atoms with Gasteiger partial charge < -0.3 is 4.74 Å². The van der Waals surface area contributed by atoms with Crippen LogP contribution in [0.5, 0.6) is 0 Å². The van der Waals surface area contributed by atoms with E-state index in [9.17, 15) is 0 Å². The lowest BCUT2D eigenvalue weighted by Gasteiger charge is -2.13. The van der Waals surface area contributed by atoms with Gasteiger partial charge >= 0.3 is 0 Å². The van der Waals surface area contributed by atoms with Gasteiger partial charge in [-0.05, 0) is 18.8 Å². The molecule has 0 aromatic carbocycles. The third-order valence-corrected chi connectivity index (χ3v) is 2.56. The van der Waals surface area contributed by atoms with E-state index in [2.05, 4.69) is 20.8 Å². The fourth-order valence-corrected chi connectivity index (χ4v) is 1.54. The highest BCUT2D eigenvalue weighted by Crippen LogP contribution is 2.16. The highest BCUT2D eigenvalue weighted by molar-refractivity contribution is 4.56. The largest absolute Gasteiger partial charge is 0.381 e. The number of hydrogen-bond acceptors (Lipinski definition) is 1. The second-order valence-electron chi connectivity index (χ2n) is 3.82. The Balaban J connectivity index is 3.25. The second-order valence-corrected chi connectivity index (χ2v) is 3.82. The maximum atomic E-state index is 5.50. The van der Waals surface area contributed by atoms with Crippen molar-refractivity contribution in [2.24, 2.45) is 5.92 Å². The molecule has 1 atom stereocenters. The minimum atomic E-state index is 0.900. The van der Waals surface area contributed by atoms with Gasteiger partial charge in [0.1, 0.15) is 0 Å². The van der Waals surface area contributed by atoms with Gasteiger partial charge in [0.25, 0.3) is 0 Å². The van der Waals surface area contributed by atoms with Crippen LogP contribution in [0.2, 0.25) is 0 Å². The predicted molar refractivity (Wildman–Crippen MR) is 59.0 cm³/mol. The van der Waals surface area contributed by atoms with Crippen LogP contribution in [0.3, 0.4) is 0 Å². The van der Waals surface area contributed by atoms with E-state index in [1.54, 1.807) is 0 Å². The van der Waals surface area contributed by atoms with Crippen LogP contribution in [0.1, 0.15) is 59.3 Å². The van der Waals surface area contributed by atoms with Gasteiger partial charge in [0.05, 0.1) is 0 Å². The molecule has 1 unspecified atom stereocenters. The molecule has 0 saturated heterocycles. The van der Waals surface area contributed by atoms with E-state index in [1.807, 2.05) is 0 Å². The third-order valence-electron chi connectivity index (χ3n) is 2.56. The van der Waals surface area contributed by atoms with Gasteiger partial charge in [0, 0.05) is 13.2 Å². The fraction of sp³-hybridized carbons (Fsp3) is 1.00.